The summed E-state index contributed by atoms with van der Waals surface area (Å²) in [6.45, 7) is 3.66. The summed E-state index contributed by atoms with van der Waals surface area (Å²) in [4.78, 5) is 11.9. The molecule has 5 N–H and O–H groups in total. The minimum absolute atomic E-state index is 0.183. The van der Waals surface area contributed by atoms with E-state index in [-0.39, 0.29) is 12.6 Å². The van der Waals surface area contributed by atoms with Gasteiger partial charge in [0.1, 0.15) is 5.75 Å². The monoisotopic (exact) mass is 428 g/mol. The van der Waals surface area contributed by atoms with Crippen molar-refractivity contribution in [1.29, 1.82) is 0 Å². The van der Waals surface area contributed by atoms with Crippen molar-refractivity contribution in [3.8, 4) is 5.75 Å². The summed E-state index contributed by atoms with van der Waals surface area (Å²) in [5.74, 6) is 0.836. The number of aliphatic hydroxyl groups excluding tert-OH is 1. The number of carbonyl (C=O) groups excluding carboxylic acids is 1. The molecule has 2 aromatic rings. The van der Waals surface area contributed by atoms with Gasteiger partial charge in [0.15, 0.2) is 0 Å². The standard InChI is InChI=1S/C25H36N2O4/c1-3-19(20-9-10-23(25(29)30-2)21(15-20)16-26)8-6-18-7-11-24(22(14-18)17-27)31-13-5-4-12-28/h7,9-11,14-15,19,28H,3-6,8,12-13,16-17,26-27H2,1-2H3. The average Bonchev–Trinajstić information content (AvgIpc) is 2.81. The highest BCUT2D eigenvalue weighted by Gasteiger charge is 2.16. The normalized spacial score (nSPS) is 11.9. The van der Waals surface area contributed by atoms with Gasteiger partial charge in [0.25, 0.3) is 0 Å². The Balaban J connectivity index is 2.07. The predicted octanol–water partition coefficient (Wildman–Crippen LogP) is 3.67. The molecule has 0 aliphatic carbocycles. The second kappa shape index (κ2) is 13.1. The zero-order valence-electron chi connectivity index (χ0n) is 18.7. The molecule has 2 aromatic carbocycles. The van der Waals surface area contributed by atoms with E-state index in [9.17, 15) is 4.79 Å². The van der Waals surface area contributed by atoms with Crippen molar-refractivity contribution in [1.82, 2.24) is 0 Å². The van der Waals surface area contributed by atoms with Crippen LogP contribution in [0, 0.1) is 0 Å². The van der Waals surface area contributed by atoms with Crippen LogP contribution in [0.2, 0.25) is 0 Å². The van der Waals surface area contributed by atoms with Crippen LogP contribution in [0.1, 0.15) is 71.1 Å². The van der Waals surface area contributed by atoms with Gasteiger partial charge in [-0.05, 0) is 66.8 Å². The highest BCUT2D eigenvalue weighted by molar-refractivity contribution is 5.91. The minimum atomic E-state index is -0.354. The smallest absolute Gasteiger partial charge is 0.338 e. The van der Waals surface area contributed by atoms with Crippen LogP contribution in [-0.2, 0) is 24.2 Å². The lowest BCUT2D eigenvalue weighted by Gasteiger charge is -2.18. The van der Waals surface area contributed by atoms with Gasteiger partial charge < -0.3 is 26.0 Å². The Bertz CT molecular complexity index is 838. The third kappa shape index (κ3) is 7.06. The third-order valence-electron chi connectivity index (χ3n) is 5.66. The molecule has 0 aromatic heterocycles. The minimum Gasteiger partial charge on any atom is -0.493 e. The first-order valence-corrected chi connectivity index (χ1v) is 11.0. The number of carbonyl (C=O) groups is 1. The van der Waals surface area contributed by atoms with Crippen molar-refractivity contribution in [3.05, 3.63) is 64.2 Å². The van der Waals surface area contributed by atoms with Crippen molar-refractivity contribution in [2.75, 3.05) is 20.3 Å². The fourth-order valence-corrected chi connectivity index (χ4v) is 3.78. The van der Waals surface area contributed by atoms with E-state index in [1.807, 2.05) is 24.3 Å². The van der Waals surface area contributed by atoms with Crippen LogP contribution in [0.4, 0.5) is 0 Å². The molecule has 0 radical (unpaired) electrons. The summed E-state index contributed by atoms with van der Waals surface area (Å²) in [6, 6.07) is 12.1. The molecule has 0 amide bonds. The summed E-state index contributed by atoms with van der Waals surface area (Å²) in [5, 5.41) is 8.88. The fraction of sp³-hybridized carbons (Fsp3) is 0.480. The molecule has 0 fully saturated rings. The van der Waals surface area contributed by atoms with Crippen molar-refractivity contribution < 1.29 is 19.4 Å². The van der Waals surface area contributed by atoms with E-state index >= 15 is 0 Å². The Hall–Kier alpha value is -2.41. The maximum absolute atomic E-state index is 11.9. The maximum atomic E-state index is 11.9. The highest BCUT2D eigenvalue weighted by atomic mass is 16.5. The van der Waals surface area contributed by atoms with E-state index in [0.717, 1.165) is 49.0 Å². The molecule has 6 nitrogen and oxygen atoms in total. The largest absolute Gasteiger partial charge is 0.493 e. The second-order valence-electron chi connectivity index (χ2n) is 7.68. The first-order valence-electron chi connectivity index (χ1n) is 11.0. The van der Waals surface area contributed by atoms with Crippen molar-refractivity contribution in [2.24, 2.45) is 11.5 Å². The lowest BCUT2D eigenvalue weighted by molar-refractivity contribution is 0.0599. The number of nitrogens with two attached hydrogens (primary N) is 2. The molecular weight excluding hydrogens is 392 g/mol. The van der Waals surface area contributed by atoms with Crippen LogP contribution in [0.5, 0.6) is 5.75 Å². The number of methoxy groups -OCH3 is 1. The number of unbranched alkanes of at least 4 members (excludes halogenated alkanes) is 1. The fourth-order valence-electron chi connectivity index (χ4n) is 3.78. The molecule has 0 heterocycles. The molecule has 0 saturated heterocycles. The summed E-state index contributed by atoms with van der Waals surface area (Å²) in [5.41, 5.74) is 16.6. The lowest BCUT2D eigenvalue weighted by atomic mass is 9.88. The molecule has 170 valence electrons. The summed E-state index contributed by atoms with van der Waals surface area (Å²) in [7, 11) is 1.38. The van der Waals surface area contributed by atoms with Crippen LogP contribution in [0.3, 0.4) is 0 Å². The number of rotatable bonds is 13. The van der Waals surface area contributed by atoms with E-state index in [2.05, 4.69) is 19.1 Å². The quantitative estimate of drug-likeness (QED) is 0.332. The number of hydrogen-bond acceptors (Lipinski definition) is 6. The van der Waals surface area contributed by atoms with Crippen LogP contribution >= 0.6 is 0 Å². The Morgan fingerprint density at radius 2 is 1.84 bits per heavy atom. The van der Waals surface area contributed by atoms with Gasteiger partial charge in [0.05, 0.1) is 19.3 Å². The molecule has 1 atom stereocenters. The third-order valence-corrected chi connectivity index (χ3v) is 5.66. The first kappa shape index (κ1) is 24.9. The number of ether oxygens (including phenoxy) is 2. The molecule has 0 bridgehead atoms. The summed E-state index contributed by atoms with van der Waals surface area (Å²) < 4.78 is 10.7. The van der Waals surface area contributed by atoms with Crippen LogP contribution in [0.25, 0.3) is 0 Å². The summed E-state index contributed by atoms with van der Waals surface area (Å²) >= 11 is 0. The Kier molecular flexibility index (Phi) is 10.5. The van der Waals surface area contributed by atoms with Gasteiger partial charge in [0.2, 0.25) is 0 Å². The molecule has 0 spiro atoms. The van der Waals surface area contributed by atoms with E-state index in [0.29, 0.717) is 31.2 Å². The SMILES string of the molecule is CCC(CCc1ccc(OCCCCO)c(CN)c1)c1ccc(C(=O)OC)c(CN)c1. The van der Waals surface area contributed by atoms with Gasteiger partial charge in [-0.25, -0.2) is 4.79 Å². The molecule has 2 rings (SSSR count). The molecule has 0 saturated carbocycles. The van der Waals surface area contributed by atoms with E-state index < -0.39 is 0 Å². The zero-order chi connectivity index (χ0) is 22.6. The number of aryl methyl sites for hydroxylation is 1. The zero-order valence-corrected chi connectivity index (χ0v) is 18.7. The lowest BCUT2D eigenvalue weighted by Crippen LogP contribution is -2.11. The van der Waals surface area contributed by atoms with E-state index in [4.69, 9.17) is 26.0 Å². The molecule has 0 aliphatic rings. The molecule has 0 aliphatic heterocycles. The van der Waals surface area contributed by atoms with Gasteiger partial charge in [-0.1, -0.05) is 31.2 Å². The Morgan fingerprint density at radius 3 is 2.48 bits per heavy atom. The number of benzene rings is 2. The predicted molar refractivity (Wildman–Crippen MR) is 123 cm³/mol. The maximum Gasteiger partial charge on any atom is 0.338 e. The number of hydrogen-bond donors (Lipinski definition) is 3. The van der Waals surface area contributed by atoms with Gasteiger partial charge in [-0.2, -0.15) is 0 Å². The van der Waals surface area contributed by atoms with Crippen LogP contribution < -0.4 is 16.2 Å². The summed E-state index contributed by atoms with van der Waals surface area (Å²) in [6.07, 6.45) is 4.46. The Labute approximate surface area is 185 Å². The first-order chi connectivity index (χ1) is 15.1. The second-order valence-corrected chi connectivity index (χ2v) is 7.68. The molecular formula is C25H36N2O4. The molecule has 1 unspecified atom stereocenters. The topological polar surface area (TPSA) is 108 Å². The Morgan fingerprint density at radius 1 is 1.06 bits per heavy atom. The van der Waals surface area contributed by atoms with E-state index in [1.54, 1.807) is 0 Å². The van der Waals surface area contributed by atoms with Gasteiger partial charge >= 0.3 is 5.97 Å². The molecule has 6 heteroatoms. The number of aliphatic hydroxyl groups is 1. The van der Waals surface area contributed by atoms with Crippen molar-refractivity contribution >= 4 is 5.97 Å². The molecule has 31 heavy (non-hydrogen) atoms. The van der Waals surface area contributed by atoms with Crippen LogP contribution in [0.15, 0.2) is 36.4 Å². The van der Waals surface area contributed by atoms with Gasteiger partial charge in [-0.3, -0.25) is 0 Å². The number of esters is 1. The van der Waals surface area contributed by atoms with Gasteiger partial charge in [-0.15, -0.1) is 0 Å². The van der Waals surface area contributed by atoms with Crippen molar-refractivity contribution in [3.63, 3.8) is 0 Å². The highest BCUT2D eigenvalue weighted by Crippen LogP contribution is 2.28. The average molecular weight is 429 g/mol. The van der Waals surface area contributed by atoms with Crippen LogP contribution in [-0.4, -0.2) is 31.4 Å². The van der Waals surface area contributed by atoms with Crippen molar-refractivity contribution in [2.45, 2.75) is 58.0 Å². The van der Waals surface area contributed by atoms with Gasteiger partial charge in [0, 0.05) is 25.3 Å². The van der Waals surface area contributed by atoms with E-state index in [1.165, 1.54) is 18.2 Å².